The van der Waals surface area contributed by atoms with Gasteiger partial charge in [0.2, 0.25) is 0 Å². The van der Waals surface area contributed by atoms with Crippen molar-refractivity contribution in [1.29, 1.82) is 0 Å². The summed E-state index contributed by atoms with van der Waals surface area (Å²) in [5.74, 6) is -0.0730. The van der Waals surface area contributed by atoms with Crippen molar-refractivity contribution < 1.29 is 34.3 Å². The number of rotatable bonds is 7. The summed E-state index contributed by atoms with van der Waals surface area (Å²) in [7, 11) is 0. The predicted octanol–water partition coefficient (Wildman–Crippen LogP) is -0.795. The van der Waals surface area contributed by atoms with Gasteiger partial charge in [-0.05, 0) is 13.3 Å². The van der Waals surface area contributed by atoms with E-state index in [2.05, 4.69) is 30.5 Å². The molecule has 0 spiro atoms. The van der Waals surface area contributed by atoms with Crippen LogP contribution in [0.25, 0.3) is 22.7 Å². The summed E-state index contributed by atoms with van der Waals surface area (Å²) in [6.07, 6.45) is -1.04. The fraction of sp³-hybridized carbons (Fsp3) is 0.550. The third-order valence-electron chi connectivity index (χ3n) is 5.83. The molecule has 2 saturated heterocycles. The highest BCUT2D eigenvalue weighted by Gasteiger charge is 2.44. The molecule has 5 heterocycles. The minimum atomic E-state index is -1.33. The van der Waals surface area contributed by atoms with Crippen LogP contribution < -0.4 is 5.32 Å². The Labute approximate surface area is 192 Å². The number of imidazole rings is 1. The molecule has 2 aliphatic heterocycles. The van der Waals surface area contributed by atoms with Crippen molar-refractivity contribution in [2.24, 2.45) is 0 Å². The Balaban J connectivity index is 1.62. The number of esters is 1. The number of fused-ring (bicyclic) bond motifs is 1. The third kappa shape index (κ3) is 3.88. The number of hydrogen-bond acceptors (Lipinski definition) is 12. The first-order valence-corrected chi connectivity index (χ1v) is 10.9. The van der Waals surface area contributed by atoms with Gasteiger partial charge in [-0.1, -0.05) is 0 Å². The Morgan fingerprint density at radius 1 is 1.35 bits per heavy atom. The minimum absolute atomic E-state index is 0.00581. The monoisotopic (exact) mass is 475 g/mol. The van der Waals surface area contributed by atoms with Gasteiger partial charge in [0.25, 0.3) is 0 Å². The highest BCUT2D eigenvalue weighted by molar-refractivity contribution is 5.96. The molecule has 14 heteroatoms. The van der Waals surface area contributed by atoms with Crippen LogP contribution in [0.1, 0.15) is 29.9 Å². The van der Waals surface area contributed by atoms with Gasteiger partial charge < -0.3 is 34.8 Å². The van der Waals surface area contributed by atoms with E-state index >= 15 is 0 Å². The lowest BCUT2D eigenvalue weighted by Crippen LogP contribution is -2.33. The van der Waals surface area contributed by atoms with Crippen molar-refractivity contribution in [3.05, 3.63) is 18.1 Å². The van der Waals surface area contributed by atoms with Crippen LogP contribution in [0.15, 0.2) is 12.5 Å². The van der Waals surface area contributed by atoms with E-state index in [0.717, 1.165) is 6.42 Å². The number of aliphatic hydroxyl groups excluding tert-OH is 3. The topological polar surface area (TPSA) is 190 Å². The highest BCUT2D eigenvalue weighted by Crippen LogP contribution is 2.34. The largest absolute Gasteiger partial charge is 0.462 e. The van der Waals surface area contributed by atoms with Crippen LogP contribution in [-0.2, 0) is 14.2 Å². The SMILES string of the molecule is CCOC(=O)c1c[nH]nc1-c1nc(N[C@@H]2CCOC2)c2ncn([C@@H]3O[C@H](CO)[C@@H](O)[C@H]3O)c2n1. The lowest BCUT2D eigenvalue weighted by molar-refractivity contribution is -0.0511. The van der Waals surface area contributed by atoms with Crippen LogP contribution in [0.4, 0.5) is 5.82 Å². The average Bonchev–Trinajstić information content (AvgIpc) is 3.62. The van der Waals surface area contributed by atoms with Crippen LogP contribution in [0.5, 0.6) is 0 Å². The van der Waals surface area contributed by atoms with Crippen molar-refractivity contribution in [3.63, 3.8) is 0 Å². The van der Waals surface area contributed by atoms with Crippen molar-refractivity contribution in [3.8, 4) is 11.5 Å². The van der Waals surface area contributed by atoms with E-state index in [0.29, 0.717) is 24.5 Å². The standard InChI is InChI=1S/C20H25N7O7/c1-2-33-20(31)10-5-22-26-12(10)16-24-17(23-9-3-4-32-7-9)13-18(25-16)27(8-21-13)19-15(30)14(29)11(6-28)34-19/h5,8-9,11,14-15,19,28-30H,2-4,6-7H2,1H3,(H,22,26)(H,23,24,25)/t9-,11-,14-,15-,19-/m1/s1. The van der Waals surface area contributed by atoms with E-state index in [1.807, 2.05) is 0 Å². The summed E-state index contributed by atoms with van der Waals surface area (Å²) in [4.78, 5) is 26.0. The number of nitrogens with one attached hydrogen (secondary N) is 2. The maximum Gasteiger partial charge on any atom is 0.342 e. The smallest absolute Gasteiger partial charge is 0.342 e. The van der Waals surface area contributed by atoms with Crippen molar-refractivity contribution in [2.45, 2.75) is 43.9 Å². The second-order valence-corrected chi connectivity index (χ2v) is 8.02. The Morgan fingerprint density at radius 2 is 2.21 bits per heavy atom. The highest BCUT2D eigenvalue weighted by atomic mass is 16.6. The fourth-order valence-corrected chi connectivity index (χ4v) is 4.09. The molecule has 5 N–H and O–H groups in total. The molecule has 3 aromatic heterocycles. The maximum atomic E-state index is 12.4. The second kappa shape index (κ2) is 9.23. The molecular weight excluding hydrogens is 450 g/mol. The number of H-pyrrole nitrogens is 1. The summed E-state index contributed by atoms with van der Waals surface area (Å²) >= 11 is 0. The number of ether oxygens (including phenoxy) is 3. The summed E-state index contributed by atoms with van der Waals surface area (Å²) < 4.78 is 17.7. The number of carbonyl (C=O) groups excluding carboxylic acids is 1. The van der Waals surface area contributed by atoms with E-state index in [-0.39, 0.29) is 35.4 Å². The van der Waals surface area contributed by atoms with E-state index in [9.17, 15) is 20.1 Å². The van der Waals surface area contributed by atoms with Crippen molar-refractivity contribution in [2.75, 3.05) is 31.7 Å². The quantitative estimate of drug-likeness (QED) is 0.268. The summed E-state index contributed by atoms with van der Waals surface area (Å²) in [6.45, 7) is 2.53. The molecule has 0 saturated carbocycles. The Kier molecular flexibility index (Phi) is 6.14. The van der Waals surface area contributed by atoms with Gasteiger partial charge in [-0.2, -0.15) is 5.10 Å². The number of nitrogens with zero attached hydrogens (tertiary/aromatic N) is 5. The predicted molar refractivity (Wildman–Crippen MR) is 115 cm³/mol. The molecule has 0 bridgehead atoms. The molecule has 0 radical (unpaired) electrons. The molecule has 5 atom stereocenters. The van der Waals surface area contributed by atoms with Crippen LogP contribution in [0.2, 0.25) is 0 Å². The van der Waals surface area contributed by atoms with Crippen LogP contribution in [0, 0.1) is 0 Å². The van der Waals surface area contributed by atoms with Gasteiger partial charge in [-0.15, -0.1) is 0 Å². The summed E-state index contributed by atoms with van der Waals surface area (Å²) in [5.41, 5.74) is 1.01. The molecule has 5 rings (SSSR count). The Hall–Kier alpha value is -3.17. The Morgan fingerprint density at radius 3 is 2.91 bits per heavy atom. The normalized spacial score (nSPS) is 26.9. The molecule has 2 aliphatic rings. The van der Waals surface area contributed by atoms with Gasteiger partial charge in [-0.25, -0.2) is 19.7 Å². The summed E-state index contributed by atoms with van der Waals surface area (Å²) in [6, 6.07) is -0.00581. The van der Waals surface area contributed by atoms with E-state index in [1.54, 1.807) is 6.92 Å². The van der Waals surface area contributed by atoms with E-state index < -0.39 is 37.1 Å². The average molecular weight is 475 g/mol. The molecule has 0 unspecified atom stereocenters. The molecule has 3 aromatic rings. The number of aromatic amines is 1. The fourth-order valence-electron chi connectivity index (χ4n) is 4.09. The summed E-state index contributed by atoms with van der Waals surface area (Å²) in [5, 5.41) is 40.3. The first-order valence-electron chi connectivity index (χ1n) is 10.9. The van der Waals surface area contributed by atoms with Gasteiger partial charge >= 0.3 is 5.97 Å². The lowest BCUT2D eigenvalue weighted by atomic mass is 10.1. The number of hydrogen-bond donors (Lipinski definition) is 5. The van der Waals surface area contributed by atoms with Crippen LogP contribution in [-0.4, -0.2) is 102 Å². The number of aliphatic hydroxyl groups is 3. The zero-order valence-corrected chi connectivity index (χ0v) is 18.3. The maximum absolute atomic E-state index is 12.4. The zero-order valence-electron chi connectivity index (χ0n) is 18.3. The molecule has 0 aromatic carbocycles. The number of aromatic nitrogens is 6. The van der Waals surface area contributed by atoms with Gasteiger partial charge in [0.15, 0.2) is 29.0 Å². The van der Waals surface area contributed by atoms with Gasteiger partial charge in [0.1, 0.15) is 29.6 Å². The third-order valence-corrected chi connectivity index (χ3v) is 5.83. The lowest BCUT2D eigenvalue weighted by Gasteiger charge is -2.17. The van der Waals surface area contributed by atoms with Gasteiger partial charge in [0.05, 0.1) is 32.2 Å². The second-order valence-electron chi connectivity index (χ2n) is 8.02. The van der Waals surface area contributed by atoms with Gasteiger partial charge in [-0.3, -0.25) is 9.67 Å². The van der Waals surface area contributed by atoms with Crippen LogP contribution >= 0.6 is 0 Å². The van der Waals surface area contributed by atoms with Crippen molar-refractivity contribution in [1.82, 2.24) is 29.7 Å². The first kappa shape index (κ1) is 22.6. The van der Waals surface area contributed by atoms with Crippen LogP contribution in [0.3, 0.4) is 0 Å². The molecule has 2 fully saturated rings. The van der Waals surface area contributed by atoms with Crippen molar-refractivity contribution >= 4 is 23.0 Å². The van der Waals surface area contributed by atoms with E-state index in [4.69, 9.17) is 14.2 Å². The molecule has 182 valence electrons. The molecule has 0 aliphatic carbocycles. The molecular formula is C20H25N7O7. The molecule has 34 heavy (non-hydrogen) atoms. The molecule has 14 nitrogen and oxygen atoms in total. The number of anilines is 1. The Bertz CT molecular complexity index is 1180. The minimum Gasteiger partial charge on any atom is -0.462 e. The number of carbonyl (C=O) groups is 1. The van der Waals surface area contributed by atoms with E-state index in [1.165, 1.54) is 17.1 Å². The van der Waals surface area contributed by atoms with Gasteiger partial charge in [0, 0.05) is 12.8 Å². The first-order chi connectivity index (χ1) is 16.5. The molecule has 0 amide bonds. The zero-order chi connectivity index (χ0) is 23.8.